The zero-order chi connectivity index (χ0) is 32.9. The number of rotatable bonds is 9. The Hall–Kier alpha value is -5.23. The second-order valence-electron chi connectivity index (χ2n) is 11.0. The zero-order valence-corrected chi connectivity index (χ0v) is 25.4. The number of amides is 4. The smallest absolute Gasteiger partial charge is 0.408 e. The first kappa shape index (κ1) is 33.7. The molecule has 0 aromatic heterocycles. The number of ether oxygens (including phenoxy) is 2. The van der Waals surface area contributed by atoms with Gasteiger partial charge < -0.3 is 35.8 Å². The van der Waals surface area contributed by atoms with Crippen LogP contribution >= 0.6 is 0 Å². The maximum atomic E-state index is 13.4. The molecule has 0 fully saturated rings. The van der Waals surface area contributed by atoms with Crippen molar-refractivity contribution >= 4 is 46.2 Å². The molecule has 3 aromatic rings. The van der Waals surface area contributed by atoms with Gasteiger partial charge >= 0.3 is 12.1 Å². The molecule has 0 radical (unpaired) electrons. The van der Waals surface area contributed by atoms with Crippen LogP contribution in [0.1, 0.15) is 31.7 Å². The summed E-state index contributed by atoms with van der Waals surface area (Å²) in [6.45, 7) is 0.808. The number of alkyl carbamates (subject to hydrolysis) is 1. The number of allylic oxidation sites excluding steroid dienone is 1. The van der Waals surface area contributed by atoms with Crippen LogP contribution in [0.3, 0.4) is 0 Å². The molecule has 12 heteroatoms. The van der Waals surface area contributed by atoms with Gasteiger partial charge in [0.2, 0.25) is 11.8 Å². The van der Waals surface area contributed by atoms with Crippen molar-refractivity contribution in [2.24, 2.45) is 5.92 Å². The average molecular weight is 631 g/mol. The summed E-state index contributed by atoms with van der Waals surface area (Å²) in [7, 11) is 0. The highest BCUT2D eigenvalue weighted by Crippen LogP contribution is 2.19. The minimum Gasteiger partial charge on any atom is -0.461 e. The molecule has 4 atom stereocenters. The summed E-state index contributed by atoms with van der Waals surface area (Å²) in [6, 6.07) is 19.0. The maximum absolute atomic E-state index is 13.4. The number of esters is 1. The lowest BCUT2D eigenvalue weighted by molar-refractivity contribution is -0.148. The Labute approximate surface area is 266 Å². The Bertz CT molecular complexity index is 1560. The fraction of sp³-hybridized carbons (Fsp3) is 0.324. The summed E-state index contributed by atoms with van der Waals surface area (Å²) < 4.78 is 10.7. The minimum absolute atomic E-state index is 0.00796. The van der Waals surface area contributed by atoms with Crippen LogP contribution in [0.4, 0.5) is 10.5 Å². The number of fused-ring (bicyclic) bond motifs is 1. The number of cyclic esters (lactones) is 1. The van der Waals surface area contributed by atoms with E-state index < -0.39 is 60.4 Å². The molecule has 12 nitrogen and oxygen atoms in total. The molecule has 0 saturated carbocycles. The number of nitrogens with one attached hydrogen (secondary N) is 4. The van der Waals surface area contributed by atoms with Crippen LogP contribution in [0.15, 0.2) is 84.9 Å². The van der Waals surface area contributed by atoms with Gasteiger partial charge in [0.25, 0.3) is 5.91 Å². The number of benzene rings is 3. The molecular weight excluding hydrogens is 592 g/mol. The van der Waals surface area contributed by atoms with E-state index in [2.05, 4.69) is 21.3 Å². The lowest BCUT2D eigenvalue weighted by atomic mass is 9.98. The number of hydrogen-bond acceptors (Lipinski definition) is 8. The predicted molar refractivity (Wildman–Crippen MR) is 170 cm³/mol. The third-order valence-corrected chi connectivity index (χ3v) is 7.27. The van der Waals surface area contributed by atoms with E-state index in [1.165, 1.54) is 0 Å². The molecule has 3 aromatic carbocycles. The van der Waals surface area contributed by atoms with Gasteiger partial charge in [0.05, 0.1) is 12.5 Å². The van der Waals surface area contributed by atoms with E-state index >= 15 is 0 Å². The summed E-state index contributed by atoms with van der Waals surface area (Å²) >= 11 is 0. The molecule has 0 saturated heterocycles. The zero-order valence-electron chi connectivity index (χ0n) is 25.4. The van der Waals surface area contributed by atoms with Crippen LogP contribution in [-0.2, 0) is 35.3 Å². The van der Waals surface area contributed by atoms with E-state index in [-0.39, 0.29) is 32.5 Å². The Balaban J connectivity index is 1.50. The summed E-state index contributed by atoms with van der Waals surface area (Å²) in [5.74, 6) is -3.39. The molecule has 46 heavy (non-hydrogen) atoms. The fourth-order valence-corrected chi connectivity index (χ4v) is 4.74. The summed E-state index contributed by atoms with van der Waals surface area (Å²) in [5.41, 5.74) is 1.23. The van der Waals surface area contributed by atoms with Crippen molar-refractivity contribution < 1.29 is 38.6 Å². The lowest BCUT2D eigenvalue weighted by Gasteiger charge is -2.24. The SMILES string of the molecule is C[C@@H](CO)NC(=O)C[C@H]1CC=CC[C@@H](NC(=O)OCc2ccccc2)C(=O)OC[C@@H](C(=O)Nc2ccc3ccccc3c2)NC1=O. The Morgan fingerprint density at radius 3 is 2.46 bits per heavy atom. The number of aliphatic hydroxyl groups excluding tert-OH is 1. The van der Waals surface area contributed by atoms with Gasteiger partial charge in [-0.2, -0.15) is 0 Å². The molecule has 1 aliphatic heterocycles. The average Bonchev–Trinajstić information content (AvgIpc) is 3.05. The first-order valence-corrected chi connectivity index (χ1v) is 15.0. The minimum atomic E-state index is -1.32. The van der Waals surface area contributed by atoms with Gasteiger partial charge in [-0.05, 0) is 48.2 Å². The molecule has 4 amide bonds. The molecule has 0 unspecified atom stereocenters. The Morgan fingerprint density at radius 2 is 1.70 bits per heavy atom. The van der Waals surface area contributed by atoms with E-state index in [1.54, 1.807) is 55.5 Å². The van der Waals surface area contributed by atoms with Gasteiger partial charge in [0, 0.05) is 18.2 Å². The van der Waals surface area contributed by atoms with Crippen LogP contribution < -0.4 is 21.3 Å². The summed E-state index contributed by atoms with van der Waals surface area (Å²) in [5, 5.41) is 21.7. The van der Waals surface area contributed by atoms with Crippen LogP contribution in [-0.4, -0.2) is 66.2 Å². The van der Waals surface area contributed by atoms with Crippen LogP contribution in [0, 0.1) is 5.92 Å². The molecule has 1 aliphatic rings. The summed E-state index contributed by atoms with van der Waals surface area (Å²) in [6.07, 6.45) is 2.28. The molecule has 1 heterocycles. The van der Waals surface area contributed by atoms with E-state index in [0.29, 0.717) is 5.69 Å². The highest BCUT2D eigenvalue weighted by atomic mass is 16.6. The molecular formula is C34H38N4O8. The van der Waals surface area contributed by atoms with E-state index in [0.717, 1.165) is 16.3 Å². The third-order valence-electron chi connectivity index (χ3n) is 7.27. The fourth-order valence-electron chi connectivity index (χ4n) is 4.74. The second kappa shape index (κ2) is 16.7. The van der Waals surface area contributed by atoms with Crippen molar-refractivity contribution in [3.63, 3.8) is 0 Å². The van der Waals surface area contributed by atoms with Gasteiger partial charge in [-0.25, -0.2) is 9.59 Å². The second-order valence-corrected chi connectivity index (χ2v) is 11.0. The predicted octanol–water partition coefficient (Wildman–Crippen LogP) is 2.95. The van der Waals surface area contributed by atoms with Gasteiger partial charge in [0.15, 0.2) is 0 Å². The quantitative estimate of drug-likeness (QED) is 0.177. The molecule has 5 N–H and O–H groups in total. The van der Waals surface area contributed by atoms with Crippen LogP contribution in [0.5, 0.6) is 0 Å². The van der Waals surface area contributed by atoms with Crippen molar-refractivity contribution in [1.29, 1.82) is 0 Å². The largest absolute Gasteiger partial charge is 0.461 e. The first-order chi connectivity index (χ1) is 22.2. The lowest BCUT2D eigenvalue weighted by Crippen LogP contribution is -2.51. The van der Waals surface area contributed by atoms with E-state index in [9.17, 15) is 29.1 Å². The van der Waals surface area contributed by atoms with E-state index in [1.807, 2.05) is 36.4 Å². The number of carbonyl (C=O) groups is 5. The highest BCUT2D eigenvalue weighted by Gasteiger charge is 2.30. The van der Waals surface area contributed by atoms with Crippen molar-refractivity contribution in [3.8, 4) is 0 Å². The molecule has 0 aliphatic carbocycles. The Kier molecular flexibility index (Phi) is 12.2. The number of carbonyl (C=O) groups excluding carboxylic acids is 5. The third kappa shape index (κ3) is 10.2. The standard InChI is InChI=1S/C34H38N4O8/c1-22(19-39)35-30(40)18-26-13-7-8-14-28(38-34(44)46-20-23-9-3-2-4-10-23)33(43)45-21-29(37-31(26)41)32(42)36-27-16-15-24-11-5-6-12-25(24)17-27/h2-12,15-17,22,26,28-29,39H,13-14,18-21H2,1H3,(H,35,40)(H,36,42)(H,37,41)(H,38,44)/t22-,26+,28+,29-/m0/s1. The van der Waals surface area contributed by atoms with Crippen LogP contribution in [0.25, 0.3) is 10.8 Å². The number of aliphatic hydroxyl groups is 1. The molecule has 4 rings (SSSR count). The van der Waals surface area contributed by atoms with Gasteiger partial charge in [-0.1, -0.05) is 72.8 Å². The van der Waals surface area contributed by atoms with Gasteiger partial charge in [0.1, 0.15) is 25.3 Å². The number of anilines is 1. The molecule has 0 bridgehead atoms. The van der Waals surface area contributed by atoms with Crippen molar-refractivity contribution in [2.45, 2.75) is 50.9 Å². The van der Waals surface area contributed by atoms with Crippen LogP contribution in [0.2, 0.25) is 0 Å². The van der Waals surface area contributed by atoms with Gasteiger partial charge in [-0.15, -0.1) is 0 Å². The monoisotopic (exact) mass is 630 g/mol. The van der Waals surface area contributed by atoms with Gasteiger partial charge in [-0.3, -0.25) is 14.4 Å². The molecule has 242 valence electrons. The number of hydrogen-bond donors (Lipinski definition) is 5. The maximum Gasteiger partial charge on any atom is 0.408 e. The molecule has 0 spiro atoms. The Morgan fingerprint density at radius 1 is 0.978 bits per heavy atom. The topological polar surface area (TPSA) is 172 Å². The summed E-state index contributed by atoms with van der Waals surface area (Å²) in [4.78, 5) is 65.1. The highest BCUT2D eigenvalue weighted by molar-refractivity contribution is 6.00. The van der Waals surface area contributed by atoms with Crippen molar-refractivity contribution in [2.75, 3.05) is 18.5 Å². The van der Waals surface area contributed by atoms with Crippen molar-refractivity contribution in [1.82, 2.24) is 16.0 Å². The van der Waals surface area contributed by atoms with Crippen molar-refractivity contribution in [3.05, 3.63) is 90.5 Å². The normalized spacial score (nSPS) is 19.4. The first-order valence-electron chi connectivity index (χ1n) is 15.0. The van der Waals surface area contributed by atoms with E-state index in [4.69, 9.17) is 9.47 Å².